The predicted octanol–water partition coefficient (Wildman–Crippen LogP) is 4.25. The van der Waals surface area contributed by atoms with Crippen LogP contribution in [0.3, 0.4) is 0 Å². The topological polar surface area (TPSA) is 21.3 Å². The molecule has 0 aromatic heterocycles. The molecule has 2 atom stereocenters. The Labute approximate surface area is 123 Å². The quantitative estimate of drug-likeness (QED) is 0.766. The number of aryl methyl sites for hydroxylation is 1. The van der Waals surface area contributed by atoms with Crippen molar-refractivity contribution in [3.05, 3.63) is 35.4 Å². The van der Waals surface area contributed by atoms with Gasteiger partial charge in [-0.3, -0.25) is 0 Å². The molecule has 1 N–H and O–H groups in total. The average molecular weight is 275 g/mol. The van der Waals surface area contributed by atoms with Gasteiger partial charge in [0.05, 0.1) is 6.10 Å². The van der Waals surface area contributed by atoms with Gasteiger partial charge in [-0.05, 0) is 56.2 Å². The van der Waals surface area contributed by atoms with E-state index >= 15 is 0 Å². The molecule has 2 rings (SSSR count). The number of hydrogen-bond donors (Lipinski definition) is 1. The first kappa shape index (κ1) is 15.5. The fraction of sp³-hybridized carbons (Fsp3) is 0.667. The van der Waals surface area contributed by atoms with Crippen LogP contribution in [0.15, 0.2) is 24.3 Å². The highest BCUT2D eigenvalue weighted by Gasteiger charge is 2.18. The molecule has 0 saturated carbocycles. The summed E-state index contributed by atoms with van der Waals surface area (Å²) in [6.45, 7) is 6.48. The molecule has 1 aromatic carbocycles. The first-order valence-corrected chi connectivity index (χ1v) is 8.27. The summed E-state index contributed by atoms with van der Waals surface area (Å²) in [6, 6.07) is 9.60. The van der Waals surface area contributed by atoms with E-state index in [2.05, 4.69) is 43.4 Å². The Bertz CT molecular complexity index is 368. The first-order chi connectivity index (χ1) is 9.83. The molecule has 1 fully saturated rings. The van der Waals surface area contributed by atoms with Crippen LogP contribution in [0.2, 0.25) is 0 Å². The van der Waals surface area contributed by atoms with E-state index < -0.39 is 0 Å². The lowest BCUT2D eigenvalue weighted by atomic mass is 9.97. The fourth-order valence-electron chi connectivity index (χ4n) is 2.92. The van der Waals surface area contributed by atoms with Gasteiger partial charge < -0.3 is 10.1 Å². The van der Waals surface area contributed by atoms with Crippen LogP contribution in [0.4, 0.5) is 0 Å². The zero-order valence-electron chi connectivity index (χ0n) is 13.0. The molecule has 2 unspecified atom stereocenters. The predicted molar refractivity (Wildman–Crippen MR) is 85.1 cm³/mol. The lowest BCUT2D eigenvalue weighted by Crippen LogP contribution is -2.23. The molecule has 1 heterocycles. The van der Waals surface area contributed by atoms with E-state index in [1.54, 1.807) is 0 Å². The highest BCUT2D eigenvalue weighted by molar-refractivity contribution is 5.25. The standard InChI is InChI=1S/C18H29NO/c1-3-13-19-18(12-11-17-6-5-14-20-17)16-9-7-15(4-2)8-10-16/h7-10,17-19H,3-6,11-14H2,1-2H3. The summed E-state index contributed by atoms with van der Waals surface area (Å²) in [7, 11) is 0. The SMILES string of the molecule is CCCNC(CCC1CCCO1)c1ccc(CC)cc1. The van der Waals surface area contributed by atoms with Crippen molar-refractivity contribution < 1.29 is 4.74 Å². The van der Waals surface area contributed by atoms with E-state index in [9.17, 15) is 0 Å². The molecule has 0 aliphatic carbocycles. The largest absolute Gasteiger partial charge is 0.378 e. The smallest absolute Gasteiger partial charge is 0.0576 e. The molecule has 0 amide bonds. The van der Waals surface area contributed by atoms with Gasteiger partial charge in [-0.2, -0.15) is 0 Å². The van der Waals surface area contributed by atoms with E-state index in [0.717, 1.165) is 19.6 Å². The van der Waals surface area contributed by atoms with Crippen LogP contribution in [0.5, 0.6) is 0 Å². The minimum Gasteiger partial charge on any atom is -0.378 e. The van der Waals surface area contributed by atoms with Crippen molar-refractivity contribution in [2.75, 3.05) is 13.2 Å². The highest BCUT2D eigenvalue weighted by atomic mass is 16.5. The summed E-state index contributed by atoms with van der Waals surface area (Å²) in [5.74, 6) is 0. The number of benzene rings is 1. The molecular formula is C18H29NO. The second-order valence-electron chi connectivity index (χ2n) is 5.81. The summed E-state index contributed by atoms with van der Waals surface area (Å²) < 4.78 is 5.75. The number of hydrogen-bond acceptors (Lipinski definition) is 2. The summed E-state index contributed by atoms with van der Waals surface area (Å²) in [4.78, 5) is 0. The Kier molecular flexibility index (Phi) is 6.55. The molecule has 20 heavy (non-hydrogen) atoms. The van der Waals surface area contributed by atoms with Crippen LogP contribution in [-0.4, -0.2) is 19.3 Å². The normalized spacial score (nSPS) is 20.2. The zero-order valence-corrected chi connectivity index (χ0v) is 13.0. The minimum absolute atomic E-state index is 0.477. The van der Waals surface area contributed by atoms with Crippen LogP contribution < -0.4 is 5.32 Å². The maximum absolute atomic E-state index is 5.75. The zero-order chi connectivity index (χ0) is 14.2. The minimum atomic E-state index is 0.477. The summed E-state index contributed by atoms with van der Waals surface area (Å²) in [5.41, 5.74) is 2.84. The first-order valence-electron chi connectivity index (χ1n) is 8.27. The van der Waals surface area contributed by atoms with Gasteiger partial charge in [0.1, 0.15) is 0 Å². The lowest BCUT2D eigenvalue weighted by Gasteiger charge is -2.21. The fourth-order valence-corrected chi connectivity index (χ4v) is 2.92. The van der Waals surface area contributed by atoms with E-state index in [1.165, 1.54) is 43.2 Å². The van der Waals surface area contributed by atoms with E-state index in [-0.39, 0.29) is 0 Å². The van der Waals surface area contributed by atoms with Crippen molar-refractivity contribution in [1.82, 2.24) is 5.32 Å². The third kappa shape index (κ3) is 4.60. The van der Waals surface area contributed by atoms with Crippen LogP contribution >= 0.6 is 0 Å². The number of rotatable bonds is 8. The summed E-state index contributed by atoms with van der Waals surface area (Å²) in [5, 5.41) is 3.69. The van der Waals surface area contributed by atoms with E-state index in [1.807, 2.05) is 0 Å². The monoisotopic (exact) mass is 275 g/mol. The van der Waals surface area contributed by atoms with Gasteiger partial charge in [-0.15, -0.1) is 0 Å². The summed E-state index contributed by atoms with van der Waals surface area (Å²) >= 11 is 0. The molecule has 0 spiro atoms. The number of nitrogens with one attached hydrogen (secondary N) is 1. The third-order valence-corrected chi connectivity index (χ3v) is 4.23. The Morgan fingerprint density at radius 2 is 2.05 bits per heavy atom. The van der Waals surface area contributed by atoms with Gasteiger partial charge in [0.15, 0.2) is 0 Å². The van der Waals surface area contributed by atoms with Gasteiger partial charge in [0, 0.05) is 12.6 Å². The molecular weight excluding hydrogens is 246 g/mol. The Morgan fingerprint density at radius 3 is 2.65 bits per heavy atom. The highest BCUT2D eigenvalue weighted by Crippen LogP contribution is 2.24. The van der Waals surface area contributed by atoms with Gasteiger partial charge >= 0.3 is 0 Å². The van der Waals surface area contributed by atoms with Crippen molar-refractivity contribution in [3.63, 3.8) is 0 Å². The molecule has 2 heteroatoms. The van der Waals surface area contributed by atoms with Gasteiger partial charge in [-0.25, -0.2) is 0 Å². The Hall–Kier alpha value is -0.860. The number of ether oxygens (including phenoxy) is 1. The molecule has 1 aliphatic heterocycles. The van der Waals surface area contributed by atoms with Gasteiger partial charge in [-0.1, -0.05) is 38.1 Å². The Balaban J connectivity index is 1.93. The van der Waals surface area contributed by atoms with E-state index in [4.69, 9.17) is 4.74 Å². The van der Waals surface area contributed by atoms with Crippen molar-refractivity contribution in [3.8, 4) is 0 Å². The average Bonchev–Trinajstić information content (AvgIpc) is 3.01. The molecule has 2 nitrogen and oxygen atoms in total. The molecule has 1 saturated heterocycles. The van der Waals surface area contributed by atoms with Crippen LogP contribution in [0.1, 0.15) is 63.1 Å². The molecule has 112 valence electrons. The third-order valence-electron chi connectivity index (χ3n) is 4.23. The lowest BCUT2D eigenvalue weighted by molar-refractivity contribution is 0.0996. The second-order valence-corrected chi connectivity index (χ2v) is 5.81. The van der Waals surface area contributed by atoms with E-state index in [0.29, 0.717) is 12.1 Å². The molecule has 1 aromatic rings. The van der Waals surface area contributed by atoms with Gasteiger partial charge in [0.25, 0.3) is 0 Å². The Morgan fingerprint density at radius 1 is 1.25 bits per heavy atom. The molecule has 0 bridgehead atoms. The van der Waals surface area contributed by atoms with Crippen LogP contribution in [0.25, 0.3) is 0 Å². The van der Waals surface area contributed by atoms with Crippen LogP contribution in [-0.2, 0) is 11.2 Å². The van der Waals surface area contributed by atoms with Crippen molar-refractivity contribution in [2.24, 2.45) is 0 Å². The van der Waals surface area contributed by atoms with Crippen molar-refractivity contribution in [2.45, 2.75) is 64.5 Å². The molecule has 0 radical (unpaired) electrons. The van der Waals surface area contributed by atoms with Crippen LogP contribution in [0, 0.1) is 0 Å². The van der Waals surface area contributed by atoms with Crippen molar-refractivity contribution in [1.29, 1.82) is 0 Å². The maximum atomic E-state index is 5.75. The maximum Gasteiger partial charge on any atom is 0.0576 e. The summed E-state index contributed by atoms with van der Waals surface area (Å²) in [6.07, 6.45) is 7.63. The van der Waals surface area contributed by atoms with Crippen molar-refractivity contribution >= 4 is 0 Å². The van der Waals surface area contributed by atoms with Gasteiger partial charge in [0.2, 0.25) is 0 Å². The molecule has 1 aliphatic rings. The second kappa shape index (κ2) is 8.43.